The van der Waals surface area contributed by atoms with Crippen molar-refractivity contribution in [2.75, 3.05) is 13.1 Å². The van der Waals surface area contributed by atoms with Crippen molar-refractivity contribution in [3.63, 3.8) is 0 Å². The zero-order valence-electron chi connectivity index (χ0n) is 14.4. The minimum Gasteiger partial charge on any atom is -0.339 e. The van der Waals surface area contributed by atoms with Crippen LogP contribution in [-0.2, 0) is 16.4 Å². The van der Waals surface area contributed by atoms with E-state index in [0.29, 0.717) is 36.2 Å². The third-order valence-corrected chi connectivity index (χ3v) is 7.46. The van der Waals surface area contributed by atoms with Crippen LogP contribution >= 0.6 is 22.9 Å². The summed E-state index contributed by atoms with van der Waals surface area (Å²) in [5, 5.41) is 8.47. The Hall–Kier alpha value is -1.74. The van der Waals surface area contributed by atoms with Crippen LogP contribution in [0, 0.1) is 5.92 Å². The number of thiophene rings is 1. The molecule has 1 unspecified atom stereocenters. The molecule has 0 saturated carbocycles. The van der Waals surface area contributed by atoms with Crippen LogP contribution in [0.15, 0.2) is 50.5 Å². The molecule has 3 aromatic rings. The van der Waals surface area contributed by atoms with Gasteiger partial charge in [0.1, 0.15) is 0 Å². The number of sulfonamides is 1. The number of hydrogen-bond donors (Lipinski definition) is 0. The first-order valence-corrected chi connectivity index (χ1v) is 11.4. The Morgan fingerprint density at radius 1 is 1.26 bits per heavy atom. The van der Waals surface area contributed by atoms with E-state index in [1.165, 1.54) is 0 Å². The number of nitrogens with zero attached hydrogens (tertiary/aromatic N) is 3. The van der Waals surface area contributed by atoms with Gasteiger partial charge < -0.3 is 4.52 Å². The first kappa shape index (κ1) is 18.6. The lowest BCUT2D eigenvalue weighted by atomic mass is 9.96. The lowest BCUT2D eigenvalue weighted by Crippen LogP contribution is -2.40. The smallest absolute Gasteiger partial charge is 0.243 e. The van der Waals surface area contributed by atoms with E-state index < -0.39 is 10.0 Å². The van der Waals surface area contributed by atoms with Gasteiger partial charge in [0.05, 0.1) is 4.90 Å². The summed E-state index contributed by atoms with van der Waals surface area (Å²) < 4.78 is 32.7. The molecule has 0 spiro atoms. The van der Waals surface area contributed by atoms with Gasteiger partial charge in [0, 0.05) is 35.5 Å². The van der Waals surface area contributed by atoms with Gasteiger partial charge in [0.2, 0.25) is 21.7 Å². The number of hydrogen-bond acceptors (Lipinski definition) is 6. The highest BCUT2D eigenvalue weighted by Gasteiger charge is 2.31. The van der Waals surface area contributed by atoms with Crippen molar-refractivity contribution in [2.24, 2.45) is 5.92 Å². The molecule has 27 heavy (non-hydrogen) atoms. The van der Waals surface area contributed by atoms with E-state index >= 15 is 0 Å². The summed E-state index contributed by atoms with van der Waals surface area (Å²) in [7, 11) is -3.52. The molecule has 2 aromatic heterocycles. The molecule has 1 aliphatic rings. The lowest BCUT2D eigenvalue weighted by Gasteiger charge is -2.31. The molecule has 3 heterocycles. The van der Waals surface area contributed by atoms with Gasteiger partial charge in [-0.05, 0) is 54.5 Å². The predicted molar refractivity (Wildman–Crippen MR) is 104 cm³/mol. The van der Waals surface area contributed by atoms with Gasteiger partial charge in [-0.2, -0.15) is 20.6 Å². The van der Waals surface area contributed by atoms with Crippen molar-refractivity contribution >= 4 is 33.0 Å². The molecular weight excluding hydrogens is 406 g/mol. The molecule has 0 radical (unpaired) electrons. The molecule has 1 saturated heterocycles. The largest absolute Gasteiger partial charge is 0.339 e. The van der Waals surface area contributed by atoms with Crippen LogP contribution < -0.4 is 0 Å². The fraction of sp³-hybridized carbons (Fsp3) is 0.333. The van der Waals surface area contributed by atoms with Crippen LogP contribution in [-0.4, -0.2) is 36.0 Å². The van der Waals surface area contributed by atoms with E-state index in [-0.39, 0.29) is 10.8 Å². The predicted octanol–water partition coefficient (Wildman–Crippen LogP) is 4.09. The molecule has 9 heteroatoms. The third-order valence-electron chi connectivity index (χ3n) is 4.64. The van der Waals surface area contributed by atoms with E-state index in [1.54, 1.807) is 39.9 Å². The van der Waals surface area contributed by atoms with Crippen molar-refractivity contribution in [1.82, 2.24) is 14.4 Å². The van der Waals surface area contributed by atoms with E-state index in [2.05, 4.69) is 10.1 Å². The van der Waals surface area contributed by atoms with Crippen LogP contribution in [0.2, 0.25) is 5.02 Å². The number of rotatable bonds is 5. The van der Waals surface area contributed by atoms with Crippen LogP contribution in [0.4, 0.5) is 0 Å². The molecular formula is C18H18ClN3O3S2. The first-order valence-electron chi connectivity index (χ1n) is 8.63. The minimum atomic E-state index is -3.52. The van der Waals surface area contributed by atoms with Gasteiger partial charge in [0.25, 0.3) is 0 Å². The molecule has 6 nitrogen and oxygen atoms in total. The van der Waals surface area contributed by atoms with Crippen LogP contribution in [0.5, 0.6) is 0 Å². The molecule has 4 rings (SSSR count). The Bertz CT molecular complexity index is 1000. The Balaban J connectivity index is 1.46. The van der Waals surface area contributed by atoms with Gasteiger partial charge in [-0.15, -0.1) is 0 Å². The van der Waals surface area contributed by atoms with E-state index in [0.717, 1.165) is 18.4 Å². The van der Waals surface area contributed by atoms with Crippen LogP contribution in [0.25, 0.3) is 11.4 Å². The summed E-state index contributed by atoms with van der Waals surface area (Å²) in [5.74, 6) is 1.27. The molecule has 0 N–H and O–H groups in total. The zero-order chi connectivity index (χ0) is 18.9. The minimum absolute atomic E-state index is 0.150. The molecule has 1 aliphatic heterocycles. The second-order valence-electron chi connectivity index (χ2n) is 6.55. The Labute approximate surface area is 166 Å². The first-order chi connectivity index (χ1) is 13.0. The van der Waals surface area contributed by atoms with Crippen molar-refractivity contribution in [1.29, 1.82) is 0 Å². The van der Waals surface area contributed by atoms with Crippen molar-refractivity contribution in [3.8, 4) is 11.4 Å². The normalized spacial score (nSPS) is 18.6. The summed E-state index contributed by atoms with van der Waals surface area (Å²) in [5.41, 5.74) is 0.936. The summed E-state index contributed by atoms with van der Waals surface area (Å²) in [4.78, 5) is 4.72. The molecule has 0 bridgehead atoms. The molecule has 1 fully saturated rings. The van der Waals surface area contributed by atoms with Gasteiger partial charge in [-0.25, -0.2) is 8.42 Å². The maximum absolute atomic E-state index is 12.9. The average molecular weight is 424 g/mol. The second-order valence-corrected chi connectivity index (χ2v) is 9.71. The van der Waals surface area contributed by atoms with Gasteiger partial charge in [-0.3, -0.25) is 0 Å². The van der Waals surface area contributed by atoms with Gasteiger partial charge in [0.15, 0.2) is 0 Å². The van der Waals surface area contributed by atoms with Crippen LogP contribution in [0.3, 0.4) is 0 Å². The van der Waals surface area contributed by atoms with Gasteiger partial charge in [-0.1, -0.05) is 16.8 Å². The van der Waals surface area contributed by atoms with Crippen molar-refractivity contribution in [2.45, 2.75) is 24.2 Å². The second kappa shape index (κ2) is 7.71. The quantitative estimate of drug-likeness (QED) is 0.617. The highest BCUT2D eigenvalue weighted by atomic mass is 35.5. The Morgan fingerprint density at radius 2 is 2.07 bits per heavy atom. The molecule has 0 amide bonds. The fourth-order valence-corrected chi connectivity index (χ4v) is 5.58. The standard InChI is InChI=1S/C18H18ClN3O3S2/c19-15-3-5-16(6-4-15)27(23,24)22-8-1-2-13(11-22)10-17-20-18(21-25-17)14-7-9-26-12-14/h3-7,9,12-13H,1-2,8,10-11H2. The zero-order valence-corrected chi connectivity index (χ0v) is 16.8. The maximum atomic E-state index is 12.9. The Kier molecular flexibility index (Phi) is 5.32. The number of aromatic nitrogens is 2. The van der Waals surface area contributed by atoms with E-state index in [4.69, 9.17) is 16.1 Å². The summed E-state index contributed by atoms with van der Waals surface area (Å²) in [6.07, 6.45) is 2.32. The topological polar surface area (TPSA) is 76.3 Å². The van der Waals surface area contributed by atoms with Gasteiger partial charge >= 0.3 is 0 Å². The highest BCUT2D eigenvalue weighted by molar-refractivity contribution is 7.89. The van der Waals surface area contributed by atoms with Crippen molar-refractivity contribution in [3.05, 3.63) is 52.0 Å². The third kappa shape index (κ3) is 4.08. The number of benzene rings is 1. The van der Waals surface area contributed by atoms with E-state index in [9.17, 15) is 8.42 Å². The summed E-state index contributed by atoms with van der Waals surface area (Å²) in [6.45, 7) is 0.965. The summed E-state index contributed by atoms with van der Waals surface area (Å²) >= 11 is 7.45. The van der Waals surface area contributed by atoms with Crippen molar-refractivity contribution < 1.29 is 12.9 Å². The van der Waals surface area contributed by atoms with Crippen LogP contribution in [0.1, 0.15) is 18.7 Å². The fourth-order valence-electron chi connectivity index (χ4n) is 3.26. The molecule has 1 atom stereocenters. The monoisotopic (exact) mass is 423 g/mol. The SMILES string of the molecule is O=S(=O)(c1ccc(Cl)cc1)N1CCCC(Cc2nc(-c3ccsc3)no2)C1. The average Bonchev–Trinajstić information content (AvgIpc) is 3.34. The number of piperidine rings is 1. The van der Waals surface area contributed by atoms with E-state index in [1.807, 2.05) is 16.8 Å². The number of halogens is 1. The molecule has 142 valence electrons. The summed E-state index contributed by atoms with van der Waals surface area (Å²) in [6, 6.07) is 8.24. The lowest BCUT2D eigenvalue weighted by molar-refractivity contribution is 0.247. The Morgan fingerprint density at radius 3 is 2.81 bits per heavy atom. The maximum Gasteiger partial charge on any atom is 0.243 e. The highest BCUT2D eigenvalue weighted by Crippen LogP contribution is 2.27. The molecule has 0 aliphatic carbocycles. The molecule has 1 aromatic carbocycles.